The number of nitriles is 1. The molecular weight excluding hydrogens is 291 g/mol. The van der Waals surface area contributed by atoms with Crippen molar-refractivity contribution in [2.24, 2.45) is 0 Å². The Morgan fingerprint density at radius 2 is 2.25 bits per heavy atom. The summed E-state index contributed by atoms with van der Waals surface area (Å²) in [6.45, 7) is 1.80. The van der Waals surface area contributed by atoms with Gasteiger partial charge in [0.1, 0.15) is 22.5 Å². The van der Waals surface area contributed by atoms with Crippen LogP contribution in [0, 0.1) is 24.1 Å². The first kappa shape index (κ1) is 11.2. The number of hydrogen-bond donors (Lipinski definition) is 0. The number of aryl methyl sites for hydroxylation is 1. The summed E-state index contributed by atoms with van der Waals surface area (Å²) in [5.41, 5.74) is 0.777. The summed E-state index contributed by atoms with van der Waals surface area (Å²) in [6.07, 6.45) is 0. The van der Waals surface area contributed by atoms with E-state index in [0.29, 0.717) is 16.1 Å². The van der Waals surface area contributed by atoms with Crippen LogP contribution in [0.25, 0.3) is 11.3 Å². The lowest BCUT2D eigenvalue weighted by Gasteiger charge is -2.00. The largest absolute Gasteiger partial charge is 0.240 e. The third kappa shape index (κ3) is 1.99. The summed E-state index contributed by atoms with van der Waals surface area (Å²) >= 11 is 4.54. The van der Waals surface area contributed by atoms with Crippen molar-refractivity contribution in [1.29, 1.82) is 5.26 Å². The number of hydrogen-bond acceptors (Lipinski definition) is 3. The molecule has 0 N–H and O–H groups in total. The Morgan fingerprint density at radius 1 is 1.50 bits per heavy atom. The second-order valence-corrected chi connectivity index (χ2v) is 5.27. The molecule has 0 spiro atoms. The molecule has 5 heteroatoms. The van der Waals surface area contributed by atoms with Gasteiger partial charge in [0, 0.05) is 10.0 Å². The molecule has 0 aliphatic carbocycles. The third-order valence-corrected chi connectivity index (χ3v) is 3.39. The van der Waals surface area contributed by atoms with Crippen molar-refractivity contribution in [2.75, 3.05) is 0 Å². The highest BCUT2D eigenvalue weighted by molar-refractivity contribution is 9.10. The summed E-state index contributed by atoms with van der Waals surface area (Å²) in [5, 5.41) is 9.70. The summed E-state index contributed by atoms with van der Waals surface area (Å²) in [4.78, 5) is 4.63. The fraction of sp³-hybridized carbons (Fsp3) is 0.0909. The van der Waals surface area contributed by atoms with Crippen molar-refractivity contribution in [3.8, 4) is 17.3 Å². The van der Waals surface area contributed by atoms with Crippen LogP contribution in [-0.2, 0) is 0 Å². The van der Waals surface area contributed by atoms with Gasteiger partial charge in [0.15, 0.2) is 0 Å². The molecule has 0 aliphatic rings. The lowest BCUT2D eigenvalue weighted by molar-refractivity contribution is 0.630. The normalized spacial score (nSPS) is 10.1. The van der Waals surface area contributed by atoms with Crippen molar-refractivity contribution in [2.45, 2.75) is 6.92 Å². The molecule has 0 aliphatic heterocycles. The monoisotopic (exact) mass is 296 g/mol. The standard InChI is InChI=1S/C11H6BrFN2S/c1-6-15-11(10(5-14)16-6)8-4-7(12)2-3-9(8)13/h2-4H,1H3. The molecule has 0 unspecified atom stereocenters. The van der Waals surface area contributed by atoms with E-state index in [1.54, 1.807) is 19.1 Å². The molecule has 0 saturated heterocycles. The van der Waals surface area contributed by atoms with E-state index >= 15 is 0 Å². The van der Waals surface area contributed by atoms with Crippen molar-refractivity contribution in [3.63, 3.8) is 0 Å². The first-order chi connectivity index (χ1) is 7.61. The van der Waals surface area contributed by atoms with E-state index in [1.807, 2.05) is 6.07 Å². The molecule has 1 aromatic heterocycles. The van der Waals surface area contributed by atoms with Crippen LogP contribution in [0.15, 0.2) is 22.7 Å². The Labute approximate surface area is 105 Å². The molecule has 0 fully saturated rings. The SMILES string of the molecule is Cc1nc(-c2cc(Br)ccc2F)c(C#N)s1. The third-order valence-electron chi connectivity index (χ3n) is 2.02. The van der Waals surface area contributed by atoms with Gasteiger partial charge in [-0.2, -0.15) is 5.26 Å². The maximum Gasteiger partial charge on any atom is 0.132 e. The van der Waals surface area contributed by atoms with E-state index < -0.39 is 0 Å². The van der Waals surface area contributed by atoms with Gasteiger partial charge in [-0.15, -0.1) is 11.3 Å². The average Bonchev–Trinajstić information content (AvgIpc) is 2.63. The average molecular weight is 297 g/mol. The first-order valence-corrected chi connectivity index (χ1v) is 6.05. The van der Waals surface area contributed by atoms with E-state index in [9.17, 15) is 4.39 Å². The number of benzene rings is 1. The molecule has 2 rings (SSSR count). The lowest BCUT2D eigenvalue weighted by Crippen LogP contribution is -1.87. The van der Waals surface area contributed by atoms with Gasteiger partial charge < -0.3 is 0 Å². The zero-order chi connectivity index (χ0) is 11.7. The van der Waals surface area contributed by atoms with Crippen LogP contribution in [-0.4, -0.2) is 4.98 Å². The Hall–Kier alpha value is -1.25. The summed E-state index contributed by atoms with van der Waals surface area (Å²) in [5.74, 6) is -0.370. The topological polar surface area (TPSA) is 36.7 Å². The molecule has 0 atom stereocenters. The Morgan fingerprint density at radius 3 is 2.94 bits per heavy atom. The predicted molar refractivity (Wildman–Crippen MR) is 64.7 cm³/mol. The highest BCUT2D eigenvalue weighted by Gasteiger charge is 2.14. The minimum absolute atomic E-state index is 0.357. The molecule has 1 aromatic carbocycles. The molecule has 2 nitrogen and oxygen atoms in total. The zero-order valence-electron chi connectivity index (χ0n) is 8.29. The van der Waals surface area contributed by atoms with Gasteiger partial charge in [-0.25, -0.2) is 9.37 Å². The molecule has 1 heterocycles. The van der Waals surface area contributed by atoms with Crippen molar-refractivity contribution in [1.82, 2.24) is 4.98 Å². The summed E-state index contributed by atoms with van der Waals surface area (Å²) in [6, 6.07) is 6.64. The highest BCUT2D eigenvalue weighted by atomic mass is 79.9. The van der Waals surface area contributed by atoms with E-state index in [4.69, 9.17) is 5.26 Å². The van der Waals surface area contributed by atoms with Crippen LogP contribution in [0.3, 0.4) is 0 Å². The van der Waals surface area contributed by atoms with Gasteiger partial charge in [-0.1, -0.05) is 15.9 Å². The number of rotatable bonds is 1. The quantitative estimate of drug-likeness (QED) is 0.800. The molecule has 0 radical (unpaired) electrons. The van der Waals surface area contributed by atoms with E-state index in [-0.39, 0.29) is 5.82 Å². The van der Waals surface area contributed by atoms with Gasteiger partial charge in [-0.05, 0) is 25.1 Å². The summed E-state index contributed by atoms with van der Waals surface area (Å²) < 4.78 is 14.4. The minimum atomic E-state index is -0.370. The van der Waals surface area contributed by atoms with Crippen LogP contribution < -0.4 is 0 Å². The Balaban J connectivity index is 2.67. The maximum absolute atomic E-state index is 13.6. The van der Waals surface area contributed by atoms with Crippen LogP contribution in [0.4, 0.5) is 4.39 Å². The minimum Gasteiger partial charge on any atom is -0.240 e. The van der Waals surface area contributed by atoms with Gasteiger partial charge in [0.25, 0.3) is 0 Å². The lowest BCUT2D eigenvalue weighted by atomic mass is 10.1. The smallest absolute Gasteiger partial charge is 0.132 e. The fourth-order valence-corrected chi connectivity index (χ4v) is 2.46. The van der Waals surface area contributed by atoms with Crippen molar-refractivity contribution >= 4 is 27.3 Å². The molecule has 16 heavy (non-hydrogen) atoms. The number of aromatic nitrogens is 1. The second-order valence-electron chi connectivity index (χ2n) is 3.15. The highest BCUT2D eigenvalue weighted by Crippen LogP contribution is 2.31. The maximum atomic E-state index is 13.6. The number of halogens is 2. The van der Waals surface area contributed by atoms with Crippen LogP contribution in [0.2, 0.25) is 0 Å². The van der Waals surface area contributed by atoms with Gasteiger partial charge in [0.05, 0.1) is 5.01 Å². The number of nitrogens with zero attached hydrogens (tertiary/aromatic N) is 2. The predicted octanol–water partition coefficient (Wildman–Crippen LogP) is 3.89. The first-order valence-electron chi connectivity index (χ1n) is 4.45. The van der Waals surface area contributed by atoms with E-state index in [0.717, 1.165) is 9.48 Å². The number of thiazole rings is 1. The van der Waals surface area contributed by atoms with Crippen LogP contribution >= 0.6 is 27.3 Å². The van der Waals surface area contributed by atoms with Gasteiger partial charge in [0.2, 0.25) is 0 Å². The molecule has 0 amide bonds. The molecule has 80 valence electrons. The van der Waals surface area contributed by atoms with E-state index in [2.05, 4.69) is 20.9 Å². The fourth-order valence-electron chi connectivity index (χ4n) is 1.36. The molecular formula is C11H6BrFN2S. The molecule has 0 bridgehead atoms. The Bertz CT molecular complexity index is 586. The van der Waals surface area contributed by atoms with Crippen molar-refractivity contribution < 1.29 is 4.39 Å². The molecule has 2 aromatic rings. The molecule has 0 saturated carbocycles. The Kier molecular flexibility index (Phi) is 3.03. The van der Waals surface area contributed by atoms with Gasteiger partial charge in [-0.3, -0.25) is 0 Å². The van der Waals surface area contributed by atoms with E-state index in [1.165, 1.54) is 17.4 Å². The van der Waals surface area contributed by atoms with Gasteiger partial charge >= 0.3 is 0 Å². The zero-order valence-corrected chi connectivity index (χ0v) is 10.7. The summed E-state index contributed by atoms with van der Waals surface area (Å²) in [7, 11) is 0. The van der Waals surface area contributed by atoms with Crippen LogP contribution in [0.5, 0.6) is 0 Å². The van der Waals surface area contributed by atoms with Crippen LogP contribution in [0.1, 0.15) is 9.88 Å². The van der Waals surface area contributed by atoms with Crippen molar-refractivity contribution in [3.05, 3.63) is 38.4 Å². The second kappa shape index (κ2) is 4.32.